The molecule has 3 heteroatoms. The highest BCUT2D eigenvalue weighted by molar-refractivity contribution is 5.74. The number of fused-ring (bicyclic) bond motifs is 2. The molecular formula is C11H19NO2. The van der Waals surface area contributed by atoms with Gasteiger partial charge < -0.3 is 10.1 Å². The molecule has 2 aliphatic rings. The Balaban J connectivity index is 1.93. The number of hydrogen-bond donors (Lipinski definition) is 1. The molecule has 0 radical (unpaired) electrons. The van der Waals surface area contributed by atoms with Gasteiger partial charge in [-0.1, -0.05) is 0 Å². The molecule has 3 atom stereocenters. The average molecular weight is 197 g/mol. The van der Waals surface area contributed by atoms with Gasteiger partial charge in [-0.2, -0.15) is 0 Å². The van der Waals surface area contributed by atoms with Crippen LogP contribution in [0.5, 0.6) is 0 Å². The van der Waals surface area contributed by atoms with E-state index in [0.29, 0.717) is 12.1 Å². The highest BCUT2D eigenvalue weighted by atomic mass is 16.6. The first-order valence-electron chi connectivity index (χ1n) is 5.44. The topological polar surface area (TPSA) is 38.3 Å². The van der Waals surface area contributed by atoms with E-state index in [-0.39, 0.29) is 17.5 Å². The van der Waals surface area contributed by atoms with Crippen molar-refractivity contribution in [3.63, 3.8) is 0 Å². The third-order valence-corrected chi connectivity index (χ3v) is 3.01. The summed E-state index contributed by atoms with van der Waals surface area (Å²) in [5.74, 6) is 0.0881. The van der Waals surface area contributed by atoms with Crippen LogP contribution in [0, 0.1) is 5.92 Å². The lowest BCUT2D eigenvalue weighted by molar-refractivity contribution is -0.160. The van der Waals surface area contributed by atoms with Gasteiger partial charge in [0.15, 0.2) is 0 Å². The van der Waals surface area contributed by atoms with Gasteiger partial charge in [0.1, 0.15) is 5.60 Å². The zero-order valence-corrected chi connectivity index (χ0v) is 9.17. The maximum Gasteiger partial charge on any atom is 0.311 e. The van der Waals surface area contributed by atoms with Crippen LogP contribution in [0.4, 0.5) is 0 Å². The molecule has 0 spiro atoms. The number of nitrogens with one attached hydrogen (secondary N) is 1. The standard InChI is InChI=1S/C11H19NO2/c1-11(2,3)14-10(13)8-6-7-4-5-9(8)12-7/h7-9,12H,4-6H2,1-3H3. The SMILES string of the molecule is CC(C)(C)OC(=O)C1CC2CCC1N2. The van der Waals surface area contributed by atoms with Crippen molar-refractivity contribution in [2.24, 2.45) is 5.92 Å². The zero-order valence-electron chi connectivity index (χ0n) is 9.17. The molecule has 2 bridgehead atoms. The number of esters is 1. The summed E-state index contributed by atoms with van der Waals surface area (Å²) in [4.78, 5) is 11.8. The van der Waals surface area contributed by atoms with Gasteiger partial charge in [-0.05, 0) is 40.0 Å². The summed E-state index contributed by atoms with van der Waals surface area (Å²) < 4.78 is 5.40. The molecule has 0 amide bonds. The number of carbonyl (C=O) groups excluding carboxylic acids is 1. The van der Waals surface area contributed by atoms with E-state index in [1.807, 2.05) is 20.8 Å². The maximum absolute atomic E-state index is 11.8. The van der Waals surface area contributed by atoms with E-state index in [9.17, 15) is 4.79 Å². The van der Waals surface area contributed by atoms with E-state index in [2.05, 4.69) is 5.32 Å². The van der Waals surface area contributed by atoms with E-state index in [1.165, 1.54) is 6.42 Å². The first kappa shape index (κ1) is 9.97. The molecule has 0 aromatic carbocycles. The summed E-state index contributed by atoms with van der Waals surface area (Å²) in [5, 5.41) is 3.44. The third-order valence-electron chi connectivity index (χ3n) is 3.01. The molecule has 0 aromatic rings. The highest BCUT2D eigenvalue weighted by Crippen LogP contribution is 2.34. The number of rotatable bonds is 1. The highest BCUT2D eigenvalue weighted by Gasteiger charge is 2.44. The van der Waals surface area contributed by atoms with Crippen molar-refractivity contribution < 1.29 is 9.53 Å². The van der Waals surface area contributed by atoms with Crippen LogP contribution in [-0.2, 0) is 9.53 Å². The van der Waals surface area contributed by atoms with Crippen molar-refractivity contribution in [1.29, 1.82) is 0 Å². The monoisotopic (exact) mass is 197 g/mol. The lowest BCUT2D eigenvalue weighted by Gasteiger charge is -2.25. The molecule has 0 saturated carbocycles. The van der Waals surface area contributed by atoms with Crippen LogP contribution in [0.25, 0.3) is 0 Å². The molecular weight excluding hydrogens is 178 g/mol. The third kappa shape index (κ3) is 1.92. The van der Waals surface area contributed by atoms with Gasteiger partial charge in [-0.3, -0.25) is 4.79 Å². The van der Waals surface area contributed by atoms with E-state index in [4.69, 9.17) is 4.74 Å². The summed E-state index contributed by atoms with van der Waals surface area (Å²) >= 11 is 0. The van der Waals surface area contributed by atoms with Gasteiger partial charge in [0.05, 0.1) is 5.92 Å². The minimum atomic E-state index is -0.348. The Labute approximate surface area is 85.2 Å². The maximum atomic E-state index is 11.8. The van der Waals surface area contributed by atoms with Gasteiger partial charge in [0, 0.05) is 12.1 Å². The van der Waals surface area contributed by atoms with Crippen molar-refractivity contribution in [3.05, 3.63) is 0 Å². The number of hydrogen-bond acceptors (Lipinski definition) is 3. The molecule has 14 heavy (non-hydrogen) atoms. The minimum absolute atomic E-state index is 0.0165. The minimum Gasteiger partial charge on any atom is -0.460 e. The van der Waals surface area contributed by atoms with Crippen LogP contribution in [0.15, 0.2) is 0 Å². The van der Waals surface area contributed by atoms with Gasteiger partial charge in [0.2, 0.25) is 0 Å². The Kier molecular flexibility index (Phi) is 2.30. The van der Waals surface area contributed by atoms with Crippen LogP contribution in [-0.4, -0.2) is 23.7 Å². The Morgan fingerprint density at radius 1 is 1.36 bits per heavy atom. The molecule has 0 aliphatic carbocycles. The van der Waals surface area contributed by atoms with Crippen molar-refractivity contribution in [2.45, 2.75) is 57.7 Å². The molecule has 1 N–H and O–H groups in total. The largest absolute Gasteiger partial charge is 0.460 e. The van der Waals surface area contributed by atoms with E-state index in [0.717, 1.165) is 12.8 Å². The van der Waals surface area contributed by atoms with Gasteiger partial charge in [0.25, 0.3) is 0 Å². The van der Waals surface area contributed by atoms with Crippen LogP contribution in [0.2, 0.25) is 0 Å². The second-order valence-corrected chi connectivity index (χ2v) is 5.42. The molecule has 2 heterocycles. The van der Waals surface area contributed by atoms with Gasteiger partial charge >= 0.3 is 5.97 Å². The Morgan fingerprint density at radius 3 is 2.50 bits per heavy atom. The van der Waals surface area contributed by atoms with Crippen LogP contribution >= 0.6 is 0 Å². The summed E-state index contributed by atoms with van der Waals surface area (Å²) in [5.41, 5.74) is -0.348. The molecule has 2 rings (SSSR count). The lowest BCUT2D eigenvalue weighted by atomic mass is 9.89. The second-order valence-electron chi connectivity index (χ2n) is 5.42. The average Bonchev–Trinajstić information content (AvgIpc) is 2.59. The number of carbonyl (C=O) groups is 1. The Hall–Kier alpha value is -0.570. The van der Waals surface area contributed by atoms with Crippen molar-refractivity contribution in [3.8, 4) is 0 Å². The van der Waals surface area contributed by atoms with Crippen LogP contribution in [0.3, 0.4) is 0 Å². The summed E-state index contributed by atoms with van der Waals surface area (Å²) in [6.07, 6.45) is 3.33. The van der Waals surface area contributed by atoms with Crippen molar-refractivity contribution >= 4 is 5.97 Å². The predicted octanol–water partition coefficient (Wildman–Crippen LogP) is 1.47. The van der Waals surface area contributed by atoms with Crippen molar-refractivity contribution in [2.75, 3.05) is 0 Å². The smallest absolute Gasteiger partial charge is 0.311 e. The first-order chi connectivity index (χ1) is 6.46. The quantitative estimate of drug-likeness (QED) is 0.647. The summed E-state index contributed by atoms with van der Waals surface area (Å²) in [6.45, 7) is 5.77. The van der Waals surface area contributed by atoms with Crippen LogP contribution < -0.4 is 5.32 Å². The molecule has 0 aromatic heterocycles. The molecule has 2 aliphatic heterocycles. The zero-order chi connectivity index (χ0) is 10.3. The Bertz CT molecular complexity index is 244. The molecule has 80 valence electrons. The van der Waals surface area contributed by atoms with E-state index >= 15 is 0 Å². The van der Waals surface area contributed by atoms with Crippen molar-refractivity contribution in [1.82, 2.24) is 5.32 Å². The first-order valence-corrected chi connectivity index (χ1v) is 5.44. The normalized spacial score (nSPS) is 36.1. The number of ether oxygens (including phenoxy) is 1. The fourth-order valence-electron chi connectivity index (χ4n) is 2.46. The lowest BCUT2D eigenvalue weighted by Crippen LogP contribution is -2.34. The van der Waals surface area contributed by atoms with Crippen LogP contribution in [0.1, 0.15) is 40.0 Å². The Morgan fingerprint density at radius 2 is 2.07 bits per heavy atom. The predicted molar refractivity (Wildman–Crippen MR) is 53.9 cm³/mol. The summed E-state index contributed by atoms with van der Waals surface area (Å²) in [7, 11) is 0. The van der Waals surface area contributed by atoms with Gasteiger partial charge in [-0.15, -0.1) is 0 Å². The van der Waals surface area contributed by atoms with Gasteiger partial charge in [-0.25, -0.2) is 0 Å². The molecule has 2 saturated heterocycles. The molecule has 3 unspecified atom stereocenters. The fourth-order valence-corrected chi connectivity index (χ4v) is 2.46. The second kappa shape index (κ2) is 3.23. The van der Waals surface area contributed by atoms with E-state index in [1.54, 1.807) is 0 Å². The molecule has 3 nitrogen and oxygen atoms in total. The van der Waals surface area contributed by atoms with E-state index < -0.39 is 0 Å². The molecule has 2 fully saturated rings. The summed E-state index contributed by atoms with van der Waals surface area (Å²) in [6, 6.07) is 0.951. The fraction of sp³-hybridized carbons (Fsp3) is 0.909.